The zero-order chi connectivity index (χ0) is 15.5. The van der Waals surface area contributed by atoms with Gasteiger partial charge in [0.25, 0.3) is 11.8 Å². The van der Waals surface area contributed by atoms with E-state index in [-0.39, 0.29) is 5.76 Å². The number of carbonyl (C=O) groups excluding carboxylic acids is 1. The SMILES string of the molecule is Cc1ccc(-c2cc(C(=O)NCC(F)(F)CN)on2)cc1. The quantitative estimate of drug-likeness (QED) is 0.883. The molecule has 0 bridgehead atoms. The van der Waals surface area contributed by atoms with Gasteiger partial charge < -0.3 is 15.6 Å². The lowest BCUT2D eigenvalue weighted by atomic mass is 10.1. The van der Waals surface area contributed by atoms with Gasteiger partial charge in [0.05, 0.1) is 13.1 Å². The first-order valence-corrected chi connectivity index (χ1v) is 6.31. The molecule has 0 aliphatic rings. The number of nitrogens with zero attached hydrogens (tertiary/aromatic N) is 1. The Hall–Kier alpha value is -2.28. The van der Waals surface area contributed by atoms with E-state index in [0.717, 1.165) is 11.1 Å². The van der Waals surface area contributed by atoms with Gasteiger partial charge in [-0.25, -0.2) is 8.78 Å². The van der Waals surface area contributed by atoms with E-state index in [1.165, 1.54) is 6.07 Å². The third-order valence-corrected chi connectivity index (χ3v) is 2.89. The summed E-state index contributed by atoms with van der Waals surface area (Å²) in [5.41, 5.74) is 7.21. The number of aromatic nitrogens is 1. The highest BCUT2D eigenvalue weighted by Gasteiger charge is 2.28. The summed E-state index contributed by atoms with van der Waals surface area (Å²) in [6.07, 6.45) is 0. The lowest BCUT2D eigenvalue weighted by Gasteiger charge is -2.13. The molecular weight excluding hydrogens is 280 g/mol. The number of halogens is 2. The average molecular weight is 295 g/mol. The highest BCUT2D eigenvalue weighted by atomic mass is 19.3. The predicted molar refractivity (Wildman–Crippen MR) is 73.0 cm³/mol. The van der Waals surface area contributed by atoms with Gasteiger partial charge in [-0.3, -0.25) is 4.79 Å². The number of rotatable bonds is 5. The smallest absolute Gasteiger partial charge is 0.290 e. The molecule has 2 aromatic rings. The van der Waals surface area contributed by atoms with Crippen molar-refractivity contribution in [2.24, 2.45) is 5.73 Å². The summed E-state index contributed by atoms with van der Waals surface area (Å²) in [7, 11) is 0. The molecule has 0 unspecified atom stereocenters. The van der Waals surface area contributed by atoms with Crippen molar-refractivity contribution in [3.05, 3.63) is 41.7 Å². The standard InChI is InChI=1S/C14H15F2N3O2/c1-9-2-4-10(5-3-9)11-6-12(21-19-11)13(20)18-8-14(15,16)7-17/h2-6H,7-8,17H2,1H3,(H,18,20). The minimum atomic E-state index is -3.14. The van der Waals surface area contributed by atoms with Crippen molar-refractivity contribution in [2.45, 2.75) is 12.8 Å². The van der Waals surface area contributed by atoms with E-state index in [9.17, 15) is 13.6 Å². The molecule has 0 saturated heterocycles. The molecule has 7 heteroatoms. The normalized spacial score (nSPS) is 11.4. The summed E-state index contributed by atoms with van der Waals surface area (Å²) in [6.45, 7) is 0.268. The van der Waals surface area contributed by atoms with E-state index in [0.29, 0.717) is 5.69 Å². The van der Waals surface area contributed by atoms with Crippen LogP contribution in [0.3, 0.4) is 0 Å². The number of hydrogen-bond donors (Lipinski definition) is 2. The van der Waals surface area contributed by atoms with Crippen LogP contribution in [0.15, 0.2) is 34.9 Å². The van der Waals surface area contributed by atoms with Crippen molar-refractivity contribution < 1.29 is 18.1 Å². The van der Waals surface area contributed by atoms with Crippen LogP contribution in [0.2, 0.25) is 0 Å². The number of benzene rings is 1. The van der Waals surface area contributed by atoms with Crippen molar-refractivity contribution in [3.63, 3.8) is 0 Å². The average Bonchev–Trinajstić information content (AvgIpc) is 2.95. The number of nitrogens with one attached hydrogen (secondary N) is 1. The highest BCUT2D eigenvalue weighted by Crippen LogP contribution is 2.19. The molecule has 0 atom stereocenters. The molecule has 0 aliphatic carbocycles. The van der Waals surface area contributed by atoms with E-state index in [1.807, 2.05) is 31.2 Å². The number of amides is 1. The van der Waals surface area contributed by atoms with Gasteiger partial charge in [-0.15, -0.1) is 0 Å². The second-order valence-corrected chi connectivity index (χ2v) is 4.69. The molecule has 21 heavy (non-hydrogen) atoms. The third kappa shape index (κ3) is 3.85. The molecule has 0 radical (unpaired) electrons. The van der Waals surface area contributed by atoms with Crippen molar-refractivity contribution in [3.8, 4) is 11.3 Å². The zero-order valence-electron chi connectivity index (χ0n) is 11.4. The first-order valence-electron chi connectivity index (χ1n) is 6.31. The number of nitrogens with two attached hydrogens (primary N) is 1. The number of hydrogen-bond acceptors (Lipinski definition) is 4. The summed E-state index contributed by atoms with van der Waals surface area (Å²) >= 11 is 0. The Morgan fingerprint density at radius 2 is 2.05 bits per heavy atom. The molecule has 0 saturated carbocycles. The van der Waals surface area contributed by atoms with Gasteiger partial charge in [-0.1, -0.05) is 35.0 Å². The molecule has 0 aliphatic heterocycles. The Labute approximate surface area is 120 Å². The second kappa shape index (κ2) is 6.01. The first-order chi connectivity index (χ1) is 9.91. The van der Waals surface area contributed by atoms with Crippen molar-refractivity contribution in [1.29, 1.82) is 0 Å². The lowest BCUT2D eigenvalue weighted by Crippen LogP contribution is -2.41. The maximum Gasteiger partial charge on any atom is 0.290 e. The molecule has 1 amide bonds. The van der Waals surface area contributed by atoms with Crippen LogP contribution in [-0.4, -0.2) is 30.1 Å². The Morgan fingerprint density at radius 1 is 1.38 bits per heavy atom. The number of alkyl halides is 2. The van der Waals surface area contributed by atoms with Gasteiger partial charge in [-0.2, -0.15) is 0 Å². The maximum absolute atomic E-state index is 13.0. The minimum absolute atomic E-state index is 0.126. The van der Waals surface area contributed by atoms with E-state index in [1.54, 1.807) is 0 Å². The van der Waals surface area contributed by atoms with Gasteiger partial charge in [0.2, 0.25) is 5.76 Å². The van der Waals surface area contributed by atoms with E-state index in [2.05, 4.69) is 10.5 Å². The Bertz CT molecular complexity index is 623. The fourth-order valence-electron chi connectivity index (χ4n) is 1.61. The fourth-order valence-corrected chi connectivity index (χ4v) is 1.61. The molecule has 5 nitrogen and oxygen atoms in total. The third-order valence-electron chi connectivity index (χ3n) is 2.89. The topological polar surface area (TPSA) is 81.2 Å². The van der Waals surface area contributed by atoms with Gasteiger partial charge in [0.1, 0.15) is 5.69 Å². The van der Waals surface area contributed by atoms with E-state index >= 15 is 0 Å². The van der Waals surface area contributed by atoms with Crippen molar-refractivity contribution in [2.75, 3.05) is 13.1 Å². The van der Waals surface area contributed by atoms with Crippen LogP contribution >= 0.6 is 0 Å². The summed E-state index contributed by atoms with van der Waals surface area (Å²) < 4.78 is 30.8. The van der Waals surface area contributed by atoms with Gasteiger partial charge in [0, 0.05) is 11.6 Å². The molecule has 1 heterocycles. The van der Waals surface area contributed by atoms with Crippen molar-refractivity contribution in [1.82, 2.24) is 10.5 Å². The van der Waals surface area contributed by atoms with Gasteiger partial charge in [-0.05, 0) is 6.92 Å². The van der Waals surface area contributed by atoms with Gasteiger partial charge in [0.15, 0.2) is 0 Å². The first kappa shape index (κ1) is 15.1. The van der Waals surface area contributed by atoms with Crippen LogP contribution in [0.5, 0.6) is 0 Å². The van der Waals surface area contributed by atoms with Crippen LogP contribution in [-0.2, 0) is 0 Å². The Morgan fingerprint density at radius 3 is 2.67 bits per heavy atom. The summed E-state index contributed by atoms with van der Waals surface area (Å²) in [5, 5.41) is 5.82. The monoisotopic (exact) mass is 295 g/mol. The summed E-state index contributed by atoms with van der Waals surface area (Å²) in [6, 6.07) is 8.85. The zero-order valence-corrected chi connectivity index (χ0v) is 11.4. The molecule has 0 fully saturated rings. The largest absolute Gasteiger partial charge is 0.350 e. The van der Waals surface area contributed by atoms with Gasteiger partial charge >= 0.3 is 0 Å². The summed E-state index contributed by atoms with van der Waals surface area (Å²) in [4.78, 5) is 11.7. The van der Waals surface area contributed by atoms with Crippen LogP contribution in [0.25, 0.3) is 11.3 Å². The number of carbonyl (C=O) groups is 1. The fraction of sp³-hybridized carbons (Fsp3) is 0.286. The van der Waals surface area contributed by atoms with Crippen LogP contribution in [0, 0.1) is 6.92 Å². The lowest BCUT2D eigenvalue weighted by molar-refractivity contribution is 0.0115. The molecule has 3 N–H and O–H groups in total. The Balaban J connectivity index is 2.06. The molecule has 0 spiro atoms. The Kier molecular flexibility index (Phi) is 4.32. The molecule has 112 valence electrons. The highest BCUT2D eigenvalue weighted by molar-refractivity contribution is 5.92. The van der Waals surface area contributed by atoms with Crippen LogP contribution < -0.4 is 11.1 Å². The predicted octanol–water partition coefficient (Wildman–Crippen LogP) is 1.97. The van der Waals surface area contributed by atoms with Crippen molar-refractivity contribution >= 4 is 5.91 Å². The van der Waals surface area contributed by atoms with Crippen LogP contribution in [0.1, 0.15) is 16.1 Å². The second-order valence-electron chi connectivity index (χ2n) is 4.69. The molecule has 2 rings (SSSR count). The molecule has 1 aromatic carbocycles. The maximum atomic E-state index is 13.0. The minimum Gasteiger partial charge on any atom is -0.350 e. The molecule has 1 aromatic heterocycles. The number of aryl methyl sites for hydroxylation is 1. The van der Waals surface area contributed by atoms with E-state index in [4.69, 9.17) is 10.3 Å². The van der Waals surface area contributed by atoms with Crippen LogP contribution in [0.4, 0.5) is 8.78 Å². The molecular formula is C14H15F2N3O2. The van der Waals surface area contributed by atoms with E-state index < -0.39 is 24.9 Å². The summed E-state index contributed by atoms with van der Waals surface area (Å²) in [5.74, 6) is -4.03.